The van der Waals surface area contributed by atoms with Crippen LogP contribution in [0.25, 0.3) is 0 Å². The molecule has 2 saturated heterocycles. The van der Waals surface area contributed by atoms with Crippen molar-refractivity contribution in [2.45, 2.75) is 31.8 Å². The molecule has 4 heterocycles. The van der Waals surface area contributed by atoms with Crippen LogP contribution >= 0.6 is 0 Å². The van der Waals surface area contributed by atoms with Crippen molar-refractivity contribution in [3.63, 3.8) is 0 Å². The van der Waals surface area contributed by atoms with E-state index in [0.717, 1.165) is 43.6 Å². The Balaban J connectivity index is 1.25. The molecular weight excluding hydrogens is 340 g/mol. The van der Waals surface area contributed by atoms with Gasteiger partial charge in [-0.3, -0.25) is 0 Å². The van der Waals surface area contributed by atoms with Gasteiger partial charge in [0.15, 0.2) is 5.82 Å². The highest BCUT2D eigenvalue weighted by Crippen LogP contribution is 2.38. The maximum atomic E-state index is 5.16. The molecular formula is C20H26N6O. The van der Waals surface area contributed by atoms with Gasteiger partial charge in [-0.25, -0.2) is 19.9 Å². The van der Waals surface area contributed by atoms with Gasteiger partial charge in [0.1, 0.15) is 24.6 Å². The fourth-order valence-electron chi connectivity index (χ4n) is 4.59. The highest BCUT2D eigenvalue weighted by molar-refractivity contribution is 5.45. The number of rotatable bonds is 5. The molecule has 0 radical (unpaired) electrons. The molecule has 3 aliphatic rings. The molecule has 1 saturated carbocycles. The zero-order valence-corrected chi connectivity index (χ0v) is 15.8. The Morgan fingerprint density at radius 1 is 1.00 bits per heavy atom. The number of anilines is 2. The summed E-state index contributed by atoms with van der Waals surface area (Å²) >= 11 is 0. The van der Waals surface area contributed by atoms with Crippen molar-refractivity contribution in [2.24, 2.45) is 11.8 Å². The lowest BCUT2D eigenvalue weighted by molar-refractivity contribution is 0.178. The summed E-state index contributed by atoms with van der Waals surface area (Å²) in [6.45, 7) is 4.69. The molecule has 3 fully saturated rings. The van der Waals surface area contributed by atoms with Crippen LogP contribution in [0.5, 0.6) is 0 Å². The van der Waals surface area contributed by atoms with Gasteiger partial charge in [0.25, 0.3) is 0 Å². The summed E-state index contributed by atoms with van der Waals surface area (Å²) in [5.41, 5.74) is 1.23. The first kappa shape index (κ1) is 16.9. The molecule has 0 spiro atoms. The quantitative estimate of drug-likeness (QED) is 0.804. The molecule has 2 aliphatic heterocycles. The van der Waals surface area contributed by atoms with Gasteiger partial charge >= 0.3 is 0 Å². The van der Waals surface area contributed by atoms with Crippen LogP contribution in [0.3, 0.4) is 0 Å². The molecule has 0 aromatic carbocycles. The summed E-state index contributed by atoms with van der Waals surface area (Å²) in [7, 11) is 1.67. The van der Waals surface area contributed by atoms with E-state index in [1.807, 2.05) is 12.3 Å². The number of fused-ring (bicyclic) bond motifs is 1. The van der Waals surface area contributed by atoms with E-state index >= 15 is 0 Å². The Hall–Kier alpha value is -2.28. The van der Waals surface area contributed by atoms with Crippen LogP contribution in [-0.2, 0) is 11.3 Å². The largest absolute Gasteiger partial charge is 0.377 e. The van der Waals surface area contributed by atoms with Crippen LogP contribution in [0.1, 0.15) is 36.7 Å². The predicted molar refractivity (Wildman–Crippen MR) is 103 cm³/mol. The number of ether oxygens (including phenoxy) is 1. The van der Waals surface area contributed by atoms with Crippen molar-refractivity contribution < 1.29 is 4.74 Å². The maximum Gasteiger partial charge on any atom is 0.156 e. The molecule has 2 atom stereocenters. The van der Waals surface area contributed by atoms with Gasteiger partial charge in [-0.05, 0) is 18.9 Å². The standard InChI is InChI=1S/C20H26N6O/c1-27-12-18-21-6-5-19(24-18)25-8-15-10-26(11-16(15)9-25)20-7-17(22-13-23-20)14-3-2-4-14/h5-7,13-16H,2-4,8-12H2,1H3. The van der Waals surface area contributed by atoms with Gasteiger partial charge in [-0.15, -0.1) is 0 Å². The first-order chi connectivity index (χ1) is 13.3. The number of aromatic nitrogens is 4. The number of nitrogens with zero attached hydrogens (tertiary/aromatic N) is 6. The fraction of sp³-hybridized carbons (Fsp3) is 0.600. The second kappa shape index (κ2) is 7.03. The summed E-state index contributed by atoms with van der Waals surface area (Å²) in [6, 6.07) is 4.23. The minimum atomic E-state index is 0.458. The van der Waals surface area contributed by atoms with E-state index in [4.69, 9.17) is 4.74 Å². The summed E-state index contributed by atoms with van der Waals surface area (Å²) in [5, 5.41) is 0. The molecule has 5 rings (SSSR count). The molecule has 2 aromatic rings. The second-order valence-electron chi connectivity index (χ2n) is 8.02. The lowest BCUT2D eigenvalue weighted by Crippen LogP contribution is -2.30. The Bertz CT molecular complexity index is 797. The van der Waals surface area contributed by atoms with Crippen molar-refractivity contribution >= 4 is 11.6 Å². The summed E-state index contributed by atoms with van der Waals surface area (Å²) in [4.78, 5) is 22.8. The van der Waals surface area contributed by atoms with E-state index in [2.05, 4.69) is 35.8 Å². The van der Waals surface area contributed by atoms with Gasteiger partial charge in [0.2, 0.25) is 0 Å². The SMILES string of the molecule is COCc1nccc(N2CC3CN(c4cc(C5CCC5)ncn4)CC3C2)n1. The van der Waals surface area contributed by atoms with Crippen LogP contribution < -0.4 is 9.80 Å². The second-order valence-corrected chi connectivity index (χ2v) is 8.02. The minimum absolute atomic E-state index is 0.458. The van der Waals surface area contributed by atoms with E-state index in [-0.39, 0.29) is 0 Å². The zero-order valence-electron chi connectivity index (χ0n) is 15.8. The van der Waals surface area contributed by atoms with Crippen LogP contribution in [0, 0.1) is 11.8 Å². The number of methoxy groups -OCH3 is 1. The summed E-state index contributed by atoms with van der Waals surface area (Å²) in [6.07, 6.45) is 7.48. The smallest absolute Gasteiger partial charge is 0.156 e. The van der Waals surface area contributed by atoms with Gasteiger partial charge < -0.3 is 14.5 Å². The molecule has 0 N–H and O–H groups in total. The van der Waals surface area contributed by atoms with Crippen LogP contribution in [0.2, 0.25) is 0 Å². The molecule has 7 nitrogen and oxygen atoms in total. The first-order valence-corrected chi connectivity index (χ1v) is 9.93. The van der Waals surface area contributed by atoms with Crippen LogP contribution in [-0.4, -0.2) is 53.2 Å². The predicted octanol–water partition coefficient (Wildman–Crippen LogP) is 2.25. The third-order valence-corrected chi connectivity index (χ3v) is 6.30. The van der Waals surface area contributed by atoms with Gasteiger partial charge in [0, 0.05) is 69.0 Å². The Morgan fingerprint density at radius 3 is 2.41 bits per heavy atom. The van der Waals surface area contributed by atoms with Crippen LogP contribution in [0.15, 0.2) is 24.7 Å². The molecule has 0 bridgehead atoms. The molecule has 1 aliphatic carbocycles. The van der Waals surface area contributed by atoms with E-state index in [1.165, 1.54) is 25.0 Å². The van der Waals surface area contributed by atoms with Gasteiger partial charge in [-0.1, -0.05) is 6.42 Å². The Morgan fingerprint density at radius 2 is 1.74 bits per heavy atom. The lowest BCUT2D eigenvalue weighted by Gasteiger charge is -2.26. The van der Waals surface area contributed by atoms with Crippen molar-refractivity contribution in [1.82, 2.24) is 19.9 Å². The molecule has 0 amide bonds. The van der Waals surface area contributed by atoms with E-state index in [9.17, 15) is 0 Å². The third-order valence-electron chi connectivity index (χ3n) is 6.30. The summed E-state index contributed by atoms with van der Waals surface area (Å²) in [5.74, 6) is 4.85. The monoisotopic (exact) mass is 366 g/mol. The lowest BCUT2D eigenvalue weighted by atomic mass is 9.83. The molecule has 7 heteroatoms. The summed E-state index contributed by atoms with van der Waals surface area (Å²) < 4.78 is 5.16. The van der Waals surface area contributed by atoms with Crippen molar-refractivity contribution in [2.75, 3.05) is 43.1 Å². The Labute approximate surface area is 159 Å². The average molecular weight is 366 g/mol. The fourth-order valence-corrected chi connectivity index (χ4v) is 4.59. The highest BCUT2D eigenvalue weighted by atomic mass is 16.5. The molecule has 2 aromatic heterocycles. The minimum Gasteiger partial charge on any atom is -0.377 e. The van der Waals surface area contributed by atoms with E-state index in [0.29, 0.717) is 24.4 Å². The van der Waals surface area contributed by atoms with Gasteiger partial charge in [0.05, 0.1) is 0 Å². The first-order valence-electron chi connectivity index (χ1n) is 9.93. The van der Waals surface area contributed by atoms with Crippen molar-refractivity contribution in [3.05, 3.63) is 36.2 Å². The average Bonchev–Trinajstić information content (AvgIpc) is 3.20. The van der Waals surface area contributed by atoms with E-state index < -0.39 is 0 Å². The normalized spacial score (nSPS) is 24.9. The van der Waals surface area contributed by atoms with Gasteiger partial charge in [-0.2, -0.15) is 0 Å². The maximum absolute atomic E-state index is 5.16. The molecule has 142 valence electrons. The zero-order chi connectivity index (χ0) is 18.2. The van der Waals surface area contributed by atoms with Crippen LogP contribution in [0.4, 0.5) is 11.6 Å². The van der Waals surface area contributed by atoms with E-state index in [1.54, 1.807) is 13.4 Å². The van der Waals surface area contributed by atoms with Crippen molar-refractivity contribution in [1.29, 1.82) is 0 Å². The van der Waals surface area contributed by atoms with Crippen molar-refractivity contribution in [3.8, 4) is 0 Å². The third kappa shape index (κ3) is 3.25. The molecule has 27 heavy (non-hydrogen) atoms. The molecule has 2 unspecified atom stereocenters. The number of hydrogen-bond donors (Lipinski definition) is 0. The Kier molecular flexibility index (Phi) is 4.39. The number of hydrogen-bond acceptors (Lipinski definition) is 7. The highest BCUT2D eigenvalue weighted by Gasteiger charge is 2.41. The topological polar surface area (TPSA) is 67.3 Å².